The summed E-state index contributed by atoms with van der Waals surface area (Å²) in [6.07, 6.45) is 2.67. The molecule has 1 unspecified atom stereocenters. The Morgan fingerprint density at radius 2 is 2.40 bits per heavy atom. The molecule has 0 aliphatic carbocycles. The normalized spacial score (nSPS) is 7.60. The van der Waals surface area contributed by atoms with Crippen molar-refractivity contribution >= 4 is 16.1 Å². The molecule has 0 spiro atoms. The van der Waals surface area contributed by atoms with Crippen LogP contribution in [0.1, 0.15) is 13.3 Å². The van der Waals surface area contributed by atoms with Gasteiger partial charge in [0, 0.05) is 0 Å². The van der Waals surface area contributed by atoms with Gasteiger partial charge in [0.1, 0.15) is 7.00 Å². The summed E-state index contributed by atoms with van der Waals surface area (Å²) in [4.78, 5) is 0. The van der Waals surface area contributed by atoms with E-state index in [-0.39, 0.29) is 0 Å². The van der Waals surface area contributed by atoms with Crippen LogP contribution in [-0.4, -0.2) is 7.00 Å². The third-order valence-corrected chi connectivity index (χ3v) is 0.966. The van der Waals surface area contributed by atoms with Gasteiger partial charge in [0.05, 0.1) is 0 Å². The highest BCUT2D eigenvalue weighted by molar-refractivity contribution is 7.55. The lowest BCUT2D eigenvalue weighted by molar-refractivity contribution is 1.08. The number of hydrogen-bond acceptors (Lipinski definition) is 0. The Hall–Kier alpha value is 0.495. The zero-order valence-corrected chi connectivity index (χ0v) is 4.85. The van der Waals surface area contributed by atoms with Crippen LogP contribution in [0.25, 0.3) is 0 Å². The molecule has 0 aromatic rings. The van der Waals surface area contributed by atoms with E-state index < -0.39 is 0 Å². The molecule has 0 aliphatic rings. The van der Waals surface area contributed by atoms with Gasteiger partial charge in [-0.15, -0.1) is 0 Å². The molecular formula is C3H10BP. The minimum Gasteiger partial charge on any atom is -0.175 e. The van der Waals surface area contributed by atoms with Crippen molar-refractivity contribution in [3.05, 3.63) is 0 Å². The average molecular weight is 87.9 g/mol. The van der Waals surface area contributed by atoms with Gasteiger partial charge in [0.15, 0.2) is 0 Å². The van der Waals surface area contributed by atoms with Crippen LogP contribution < -0.4 is 0 Å². The third kappa shape index (κ3) is 4.49. The van der Waals surface area contributed by atoms with Crippen molar-refractivity contribution in [2.75, 3.05) is 0 Å². The van der Waals surface area contributed by atoms with E-state index in [1.165, 1.54) is 19.7 Å². The summed E-state index contributed by atoms with van der Waals surface area (Å²) in [5.74, 6) is 0. The second-order valence-electron chi connectivity index (χ2n) is 1.14. The molecule has 30 valence electrons. The lowest BCUT2D eigenvalue weighted by Gasteiger charge is -1.76. The Balaban J connectivity index is 2.19. The zero-order valence-electron chi connectivity index (χ0n) is 3.70. The number of hydrogen-bond donors (Lipinski definition) is 0. The van der Waals surface area contributed by atoms with Crippen LogP contribution in [-0.2, 0) is 0 Å². The molecule has 0 N–H and O–H groups in total. The summed E-state index contributed by atoms with van der Waals surface area (Å²) in [6, 6.07) is 0. The maximum atomic E-state index is 2.70. The molecule has 0 nitrogen and oxygen atoms in total. The Morgan fingerprint density at radius 1 is 1.80 bits per heavy atom. The first-order chi connectivity index (χ1) is 2.41. The molecular weight excluding hydrogens is 77.8 g/mol. The van der Waals surface area contributed by atoms with Crippen LogP contribution in [0.2, 0.25) is 6.32 Å². The van der Waals surface area contributed by atoms with E-state index in [0.29, 0.717) is 0 Å². The maximum Gasteiger partial charge on any atom is 0.144 e. The van der Waals surface area contributed by atoms with Crippen LogP contribution in [0.5, 0.6) is 0 Å². The lowest BCUT2D eigenvalue weighted by atomic mass is 10.0. The molecule has 0 heterocycles. The van der Waals surface area contributed by atoms with Crippen LogP contribution in [0.15, 0.2) is 0 Å². The first kappa shape index (κ1) is 5.49. The topological polar surface area (TPSA) is 0 Å². The maximum absolute atomic E-state index is 2.70. The summed E-state index contributed by atoms with van der Waals surface area (Å²) >= 11 is 0. The molecule has 0 saturated carbocycles. The van der Waals surface area contributed by atoms with E-state index in [2.05, 4.69) is 16.0 Å². The van der Waals surface area contributed by atoms with Crippen LogP contribution in [0.3, 0.4) is 0 Å². The predicted molar refractivity (Wildman–Crippen MR) is 32.0 cm³/mol. The van der Waals surface area contributed by atoms with E-state index in [1.54, 1.807) is 0 Å². The molecule has 0 amide bonds. The Bertz CT molecular complexity index is 14.4. The summed E-state index contributed by atoms with van der Waals surface area (Å²) in [5.41, 5.74) is 0. The van der Waals surface area contributed by atoms with Crippen LogP contribution in [0.4, 0.5) is 0 Å². The van der Waals surface area contributed by atoms with Gasteiger partial charge in [-0.3, -0.25) is 0 Å². The molecule has 0 bridgehead atoms. The van der Waals surface area contributed by atoms with Gasteiger partial charge in [0.25, 0.3) is 0 Å². The average Bonchev–Trinajstić information content (AvgIpc) is 1.41. The van der Waals surface area contributed by atoms with E-state index >= 15 is 0 Å². The largest absolute Gasteiger partial charge is 0.175 e. The smallest absolute Gasteiger partial charge is 0.144 e. The van der Waals surface area contributed by atoms with Gasteiger partial charge < -0.3 is 0 Å². The monoisotopic (exact) mass is 88.1 g/mol. The van der Waals surface area contributed by atoms with Crippen molar-refractivity contribution in [1.29, 1.82) is 0 Å². The highest BCUT2D eigenvalue weighted by atomic mass is 31.0. The van der Waals surface area contributed by atoms with Gasteiger partial charge in [-0.05, 0) is 0 Å². The number of rotatable bonds is 2. The molecule has 0 radical (unpaired) electrons. The standard InChI is InChI=1S/C3H10BP/c1-2-3-4-5/h4H,2-3,5H2,1H3. The summed E-state index contributed by atoms with van der Waals surface area (Å²) in [5, 5.41) is 0. The molecule has 0 aromatic carbocycles. The van der Waals surface area contributed by atoms with Gasteiger partial charge in [-0.2, -0.15) is 9.12 Å². The molecule has 5 heavy (non-hydrogen) atoms. The van der Waals surface area contributed by atoms with Crippen molar-refractivity contribution in [2.45, 2.75) is 19.7 Å². The zero-order chi connectivity index (χ0) is 4.12. The van der Waals surface area contributed by atoms with Gasteiger partial charge in [-0.25, -0.2) is 0 Å². The molecule has 0 aliphatic heterocycles. The van der Waals surface area contributed by atoms with Crippen molar-refractivity contribution in [3.8, 4) is 0 Å². The van der Waals surface area contributed by atoms with Crippen molar-refractivity contribution < 1.29 is 0 Å². The summed E-state index contributed by atoms with van der Waals surface area (Å²) in [6.45, 7) is 3.46. The highest BCUT2D eigenvalue weighted by Gasteiger charge is 1.71. The minimum atomic E-state index is 1.26. The molecule has 0 fully saturated rings. The van der Waals surface area contributed by atoms with Crippen molar-refractivity contribution in [2.24, 2.45) is 0 Å². The summed E-state index contributed by atoms with van der Waals surface area (Å²) in [7, 11) is 2.70. The Kier molecular flexibility index (Phi) is 4.94. The molecule has 0 saturated heterocycles. The first-order valence-electron chi connectivity index (χ1n) is 2.12. The quantitative estimate of drug-likeness (QED) is 0.349. The highest BCUT2D eigenvalue weighted by Crippen LogP contribution is 1.88. The second kappa shape index (κ2) is 4.49. The van der Waals surface area contributed by atoms with Crippen LogP contribution in [0, 0.1) is 0 Å². The first-order valence-corrected chi connectivity index (χ1v) is 2.93. The fraction of sp³-hybridized carbons (Fsp3) is 1.00. The summed E-state index contributed by atoms with van der Waals surface area (Å²) < 4.78 is 0. The fourth-order valence-corrected chi connectivity index (χ4v) is 0.612. The van der Waals surface area contributed by atoms with Crippen molar-refractivity contribution in [1.82, 2.24) is 0 Å². The van der Waals surface area contributed by atoms with Gasteiger partial charge in [0.2, 0.25) is 0 Å². The Morgan fingerprint density at radius 3 is 2.40 bits per heavy atom. The van der Waals surface area contributed by atoms with E-state index in [0.717, 1.165) is 0 Å². The van der Waals surface area contributed by atoms with E-state index in [9.17, 15) is 0 Å². The lowest BCUT2D eigenvalue weighted by Crippen LogP contribution is -1.68. The SMILES string of the molecule is CCCBP. The van der Waals surface area contributed by atoms with Gasteiger partial charge in [-0.1, -0.05) is 19.7 Å². The van der Waals surface area contributed by atoms with Crippen LogP contribution >= 0.6 is 9.12 Å². The van der Waals surface area contributed by atoms with E-state index in [1.807, 2.05) is 0 Å². The molecule has 1 atom stereocenters. The molecule has 2 heteroatoms. The Labute approximate surface area is 36.7 Å². The van der Waals surface area contributed by atoms with E-state index in [4.69, 9.17) is 0 Å². The third-order valence-electron chi connectivity index (χ3n) is 0.558. The fourth-order valence-electron chi connectivity index (χ4n) is 0.204. The van der Waals surface area contributed by atoms with Gasteiger partial charge >= 0.3 is 0 Å². The molecule has 0 aromatic heterocycles. The minimum absolute atomic E-state index is 1.26. The van der Waals surface area contributed by atoms with Crippen molar-refractivity contribution in [3.63, 3.8) is 0 Å². The second-order valence-corrected chi connectivity index (χ2v) is 1.72. The molecule has 0 rings (SSSR count). The predicted octanol–water partition coefficient (Wildman–Crippen LogP) is 1.04.